The van der Waals surface area contributed by atoms with E-state index in [9.17, 15) is 4.79 Å². The van der Waals surface area contributed by atoms with Crippen LogP contribution in [0.5, 0.6) is 0 Å². The Kier molecular flexibility index (Phi) is 4.55. The second kappa shape index (κ2) is 6.76. The number of carbonyl (C=O) groups is 1. The maximum absolute atomic E-state index is 11.9. The van der Waals surface area contributed by atoms with E-state index in [-0.39, 0.29) is 5.91 Å². The van der Waals surface area contributed by atoms with Crippen LogP contribution in [0, 0.1) is 0 Å². The zero-order valence-electron chi connectivity index (χ0n) is 12.3. The molecule has 3 N–H and O–H groups in total. The molecule has 1 aromatic heterocycles. The average molecular weight is 285 g/mol. The number of nitrogens with one attached hydrogen (secondary N) is 3. The first-order chi connectivity index (χ1) is 10.3. The summed E-state index contributed by atoms with van der Waals surface area (Å²) in [5.41, 5.74) is 2.36. The fourth-order valence-electron chi connectivity index (χ4n) is 3.06. The molecule has 1 saturated heterocycles. The molecule has 0 aliphatic carbocycles. The van der Waals surface area contributed by atoms with Gasteiger partial charge in [0, 0.05) is 36.1 Å². The Bertz CT molecular complexity index is 599. The molecular weight excluding hydrogens is 262 g/mol. The monoisotopic (exact) mass is 285 g/mol. The van der Waals surface area contributed by atoms with E-state index in [0.717, 1.165) is 31.4 Å². The molecule has 0 radical (unpaired) electrons. The van der Waals surface area contributed by atoms with Crippen LogP contribution in [0.15, 0.2) is 30.5 Å². The molecule has 1 atom stereocenters. The van der Waals surface area contributed by atoms with Crippen LogP contribution in [0.25, 0.3) is 10.9 Å². The van der Waals surface area contributed by atoms with Gasteiger partial charge in [-0.05, 0) is 43.9 Å². The number of rotatable bonds is 6. The van der Waals surface area contributed by atoms with Crippen molar-refractivity contribution in [1.82, 2.24) is 15.6 Å². The predicted octanol–water partition coefficient (Wildman–Crippen LogP) is 2.36. The topological polar surface area (TPSA) is 56.9 Å². The van der Waals surface area contributed by atoms with Gasteiger partial charge in [-0.1, -0.05) is 18.2 Å². The van der Waals surface area contributed by atoms with Crippen LogP contribution >= 0.6 is 0 Å². The van der Waals surface area contributed by atoms with Crippen LogP contribution in [0.2, 0.25) is 0 Å². The second-order valence-electron chi connectivity index (χ2n) is 5.79. The second-order valence-corrected chi connectivity index (χ2v) is 5.79. The molecular formula is C17H23N3O. The summed E-state index contributed by atoms with van der Waals surface area (Å²) in [6.07, 6.45) is 6.90. The van der Waals surface area contributed by atoms with Gasteiger partial charge in [-0.25, -0.2) is 0 Å². The summed E-state index contributed by atoms with van der Waals surface area (Å²) in [6, 6.07) is 8.82. The maximum Gasteiger partial charge on any atom is 0.220 e. The SMILES string of the molecule is O=C(CCc1c[nH]c2ccccc12)NCCC1CCCN1. The number of aromatic amines is 1. The van der Waals surface area contributed by atoms with Gasteiger partial charge < -0.3 is 15.6 Å². The Hall–Kier alpha value is -1.81. The summed E-state index contributed by atoms with van der Waals surface area (Å²) in [7, 11) is 0. The van der Waals surface area contributed by atoms with Crippen molar-refractivity contribution in [1.29, 1.82) is 0 Å². The third-order valence-electron chi connectivity index (χ3n) is 4.27. The number of aryl methyl sites for hydroxylation is 1. The van der Waals surface area contributed by atoms with Crippen LogP contribution < -0.4 is 10.6 Å². The molecule has 1 aromatic carbocycles. The third kappa shape index (κ3) is 3.64. The summed E-state index contributed by atoms with van der Waals surface area (Å²) in [5.74, 6) is 0.151. The lowest BCUT2D eigenvalue weighted by Gasteiger charge is -2.10. The van der Waals surface area contributed by atoms with Crippen LogP contribution in [-0.4, -0.2) is 30.0 Å². The third-order valence-corrected chi connectivity index (χ3v) is 4.27. The van der Waals surface area contributed by atoms with E-state index in [1.54, 1.807) is 0 Å². The minimum Gasteiger partial charge on any atom is -0.361 e. The lowest BCUT2D eigenvalue weighted by molar-refractivity contribution is -0.121. The Labute approximate surface area is 125 Å². The lowest BCUT2D eigenvalue weighted by atomic mass is 10.1. The minimum atomic E-state index is 0.151. The normalized spacial score (nSPS) is 18.2. The first-order valence-electron chi connectivity index (χ1n) is 7.88. The molecule has 1 aliphatic rings. The standard InChI is InChI=1S/C17H23N3O/c21-17(19-11-9-14-4-3-10-18-14)8-7-13-12-20-16-6-2-1-5-15(13)16/h1-2,5-6,12,14,18,20H,3-4,7-11H2,(H,19,21). The van der Waals surface area contributed by atoms with E-state index in [0.29, 0.717) is 12.5 Å². The van der Waals surface area contributed by atoms with Gasteiger partial charge in [0.25, 0.3) is 0 Å². The number of hydrogen-bond acceptors (Lipinski definition) is 2. The van der Waals surface area contributed by atoms with Gasteiger partial charge in [-0.2, -0.15) is 0 Å². The Morgan fingerprint density at radius 1 is 1.33 bits per heavy atom. The lowest BCUT2D eigenvalue weighted by Crippen LogP contribution is -2.30. The number of para-hydroxylation sites is 1. The van der Waals surface area contributed by atoms with Gasteiger partial charge in [-0.3, -0.25) is 4.79 Å². The van der Waals surface area contributed by atoms with Crippen molar-refractivity contribution in [3.05, 3.63) is 36.0 Å². The summed E-state index contributed by atoms with van der Waals surface area (Å²) in [6.45, 7) is 1.91. The van der Waals surface area contributed by atoms with E-state index in [4.69, 9.17) is 0 Å². The molecule has 4 nitrogen and oxygen atoms in total. The van der Waals surface area contributed by atoms with E-state index < -0.39 is 0 Å². The highest BCUT2D eigenvalue weighted by molar-refractivity contribution is 5.84. The van der Waals surface area contributed by atoms with Crippen molar-refractivity contribution in [3.63, 3.8) is 0 Å². The highest BCUT2D eigenvalue weighted by Crippen LogP contribution is 2.18. The quantitative estimate of drug-likeness (QED) is 0.763. The highest BCUT2D eigenvalue weighted by atomic mass is 16.1. The summed E-state index contributed by atoms with van der Waals surface area (Å²) >= 11 is 0. The Morgan fingerprint density at radius 3 is 3.10 bits per heavy atom. The molecule has 2 heterocycles. The van der Waals surface area contributed by atoms with Gasteiger partial charge in [0.1, 0.15) is 0 Å². The van der Waals surface area contributed by atoms with Gasteiger partial charge in [0.05, 0.1) is 0 Å². The van der Waals surface area contributed by atoms with Crippen molar-refractivity contribution in [2.75, 3.05) is 13.1 Å². The molecule has 0 spiro atoms. The molecule has 1 aliphatic heterocycles. The molecule has 1 unspecified atom stereocenters. The minimum absolute atomic E-state index is 0.151. The number of amides is 1. The van der Waals surface area contributed by atoms with Gasteiger partial charge in [0.2, 0.25) is 5.91 Å². The van der Waals surface area contributed by atoms with Crippen LogP contribution in [0.3, 0.4) is 0 Å². The molecule has 1 amide bonds. The number of benzene rings is 1. The Morgan fingerprint density at radius 2 is 2.24 bits per heavy atom. The van der Waals surface area contributed by atoms with Gasteiger partial charge in [0.15, 0.2) is 0 Å². The zero-order chi connectivity index (χ0) is 14.5. The molecule has 3 rings (SSSR count). The van der Waals surface area contributed by atoms with Crippen LogP contribution in [-0.2, 0) is 11.2 Å². The predicted molar refractivity (Wildman–Crippen MR) is 85.3 cm³/mol. The van der Waals surface area contributed by atoms with Crippen LogP contribution in [0.4, 0.5) is 0 Å². The van der Waals surface area contributed by atoms with E-state index in [1.165, 1.54) is 23.8 Å². The molecule has 2 aromatic rings. The first-order valence-corrected chi connectivity index (χ1v) is 7.88. The van der Waals surface area contributed by atoms with Crippen molar-refractivity contribution >= 4 is 16.8 Å². The number of H-pyrrole nitrogens is 1. The average Bonchev–Trinajstić information content (AvgIpc) is 3.14. The Balaban J connectivity index is 1.43. The first kappa shape index (κ1) is 14.1. The van der Waals surface area contributed by atoms with Crippen molar-refractivity contribution in [3.8, 4) is 0 Å². The molecule has 112 valence electrons. The summed E-state index contributed by atoms with van der Waals surface area (Å²) < 4.78 is 0. The molecule has 21 heavy (non-hydrogen) atoms. The molecule has 0 saturated carbocycles. The largest absolute Gasteiger partial charge is 0.361 e. The fraction of sp³-hybridized carbons (Fsp3) is 0.471. The highest BCUT2D eigenvalue weighted by Gasteiger charge is 2.13. The number of hydrogen-bond donors (Lipinski definition) is 3. The zero-order valence-corrected chi connectivity index (χ0v) is 12.3. The number of carbonyl (C=O) groups excluding carboxylic acids is 1. The maximum atomic E-state index is 11.9. The molecule has 0 bridgehead atoms. The van der Waals surface area contributed by atoms with Crippen LogP contribution in [0.1, 0.15) is 31.2 Å². The van der Waals surface area contributed by atoms with E-state index >= 15 is 0 Å². The summed E-state index contributed by atoms with van der Waals surface area (Å²) in [5, 5.41) is 7.70. The van der Waals surface area contributed by atoms with Gasteiger partial charge in [-0.15, -0.1) is 0 Å². The number of aromatic nitrogens is 1. The smallest absolute Gasteiger partial charge is 0.220 e. The van der Waals surface area contributed by atoms with Crippen molar-refractivity contribution in [2.45, 2.75) is 38.1 Å². The molecule has 4 heteroatoms. The summed E-state index contributed by atoms with van der Waals surface area (Å²) in [4.78, 5) is 15.2. The fourth-order valence-corrected chi connectivity index (χ4v) is 3.06. The van der Waals surface area contributed by atoms with E-state index in [1.807, 2.05) is 18.3 Å². The molecule has 1 fully saturated rings. The van der Waals surface area contributed by atoms with Crippen molar-refractivity contribution in [2.24, 2.45) is 0 Å². The van der Waals surface area contributed by atoms with E-state index in [2.05, 4.69) is 27.8 Å². The van der Waals surface area contributed by atoms with Gasteiger partial charge >= 0.3 is 0 Å². The number of fused-ring (bicyclic) bond motifs is 1. The van der Waals surface area contributed by atoms with Crippen molar-refractivity contribution < 1.29 is 4.79 Å².